The van der Waals surface area contributed by atoms with Crippen LogP contribution in [0.15, 0.2) is 102 Å². The zero-order valence-corrected chi connectivity index (χ0v) is 34.0. The number of piperidine rings is 1. The van der Waals surface area contributed by atoms with Crippen LogP contribution >= 0.6 is 0 Å². The van der Waals surface area contributed by atoms with Crippen LogP contribution in [0.3, 0.4) is 0 Å². The second-order valence-corrected chi connectivity index (χ2v) is 15.4. The van der Waals surface area contributed by atoms with Crippen molar-refractivity contribution in [1.82, 2.24) is 30.0 Å². The van der Waals surface area contributed by atoms with Gasteiger partial charge in [-0.3, -0.25) is 9.48 Å². The lowest BCUT2D eigenvalue weighted by molar-refractivity contribution is -0.134. The molecule has 14 heteroatoms. The normalized spacial score (nSPS) is 15.7. The molecule has 0 spiro atoms. The van der Waals surface area contributed by atoms with Crippen molar-refractivity contribution < 1.29 is 35.1 Å². The molecule has 5 aromatic rings. The van der Waals surface area contributed by atoms with E-state index in [0.717, 1.165) is 64.0 Å². The molecule has 7 rings (SSSR count). The highest BCUT2D eigenvalue weighted by molar-refractivity contribution is 5.89. The number of aromatic nitrogens is 4. The third kappa shape index (κ3) is 14.9. The first-order chi connectivity index (χ1) is 29.0. The van der Waals surface area contributed by atoms with Crippen molar-refractivity contribution in [2.75, 3.05) is 32.7 Å². The van der Waals surface area contributed by atoms with E-state index >= 15 is 0 Å². The van der Waals surface area contributed by atoms with Gasteiger partial charge >= 0.3 is 11.9 Å². The zero-order valence-electron chi connectivity index (χ0n) is 34.0. The fourth-order valence-electron chi connectivity index (χ4n) is 7.46. The molecule has 60 heavy (non-hydrogen) atoms. The smallest absolute Gasteiger partial charge is 0.328 e. The number of nitrogens with zero attached hydrogens (tertiary/aromatic N) is 4. The van der Waals surface area contributed by atoms with Gasteiger partial charge in [-0.25, -0.2) is 14.6 Å². The Bertz CT molecular complexity index is 2130. The zero-order chi connectivity index (χ0) is 42.7. The molecular formula is C46H58N6O8. The molecule has 1 saturated heterocycles. The van der Waals surface area contributed by atoms with Crippen LogP contribution < -0.4 is 10.9 Å². The molecule has 0 amide bonds. The standard InChI is InChI=1S/C36H42N6O4.C6H12.C4H4O4/c43-31-12-10-29(30-11-13-33(45)39-34(30)31)32(44)22-37-18-14-25-6-8-26(9-7-25)15-19-41-20-16-27(17-21-41)23-42-24-38-36(40-42)35(46)28-4-2-1-3-5-28;1-2-4-6-5-3-1;5-3(6)1-2-4(7)8/h1-13,24,27,32,35,37,43-44,46H,14-23H2,(H,39,45);1-6H2;1-2H,(H,5,6)(H,7,8)/b;;2-1+. The number of phenolic OH excluding ortho intramolecular Hbond substituents is 1. The lowest BCUT2D eigenvalue weighted by Crippen LogP contribution is -2.36. The van der Waals surface area contributed by atoms with Gasteiger partial charge in [0.2, 0.25) is 5.56 Å². The van der Waals surface area contributed by atoms with Crippen molar-refractivity contribution in [2.24, 2.45) is 5.92 Å². The van der Waals surface area contributed by atoms with Gasteiger partial charge in [-0.1, -0.05) is 99.2 Å². The average Bonchev–Trinajstić information content (AvgIpc) is 3.74. The summed E-state index contributed by atoms with van der Waals surface area (Å²) in [6.07, 6.45) is 14.4. The highest BCUT2D eigenvalue weighted by Gasteiger charge is 2.21. The Morgan fingerprint density at radius 2 is 1.43 bits per heavy atom. The Labute approximate surface area is 350 Å². The van der Waals surface area contributed by atoms with Gasteiger partial charge in [-0.2, -0.15) is 5.10 Å². The fourth-order valence-corrected chi connectivity index (χ4v) is 7.46. The number of fused-ring (bicyclic) bond motifs is 1. The number of aliphatic carboxylic acids is 2. The number of likely N-dealkylation sites (tertiary alicyclic amines) is 1. The van der Waals surface area contributed by atoms with Crippen LogP contribution in [0.4, 0.5) is 0 Å². The Kier molecular flexibility index (Phi) is 18.0. The summed E-state index contributed by atoms with van der Waals surface area (Å²) in [4.78, 5) is 40.3. The number of carboxylic acid groups (broad SMARTS) is 2. The van der Waals surface area contributed by atoms with Gasteiger partial charge < -0.3 is 40.7 Å². The van der Waals surface area contributed by atoms with E-state index in [9.17, 15) is 29.7 Å². The molecule has 1 aliphatic carbocycles. The van der Waals surface area contributed by atoms with Crippen molar-refractivity contribution in [3.8, 4) is 5.75 Å². The summed E-state index contributed by atoms with van der Waals surface area (Å²) in [5, 5.41) is 55.6. The van der Waals surface area contributed by atoms with Crippen LogP contribution in [0.1, 0.15) is 91.7 Å². The monoisotopic (exact) mass is 822 g/mol. The predicted molar refractivity (Wildman–Crippen MR) is 230 cm³/mol. The van der Waals surface area contributed by atoms with E-state index in [1.165, 1.54) is 61.8 Å². The number of phenols is 1. The molecule has 2 atom stereocenters. The van der Waals surface area contributed by atoms with E-state index in [-0.39, 0.29) is 11.3 Å². The summed E-state index contributed by atoms with van der Waals surface area (Å²) in [7, 11) is 0. The topological polar surface area (TPSA) is 214 Å². The van der Waals surface area contributed by atoms with Gasteiger partial charge in [0, 0.05) is 43.2 Å². The summed E-state index contributed by atoms with van der Waals surface area (Å²) in [6, 6.07) is 24.5. The maximum atomic E-state index is 11.6. The molecule has 2 aliphatic rings. The van der Waals surface area contributed by atoms with Crippen molar-refractivity contribution in [2.45, 2.75) is 83.0 Å². The Hall–Kier alpha value is -5.67. The minimum Gasteiger partial charge on any atom is -0.506 e. The van der Waals surface area contributed by atoms with Crippen molar-refractivity contribution >= 4 is 22.8 Å². The first kappa shape index (κ1) is 45.4. The summed E-state index contributed by atoms with van der Waals surface area (Å²) in [5.74, 6) is -1.52. The van der Waals surface area contributed by atoms with Crippen LogP contribution in [-0.2, 0) is 29.0 Å². The largest absolute Gasteiger partial charge is 0.506 e. The van der Waals surface area contributed by atoms with Gasteiger partial charge in [-0.05, 0) is 85.6 Å². The van der Waals surface area contributed by atoms with E-state index in [1.807, 2.05) is 35.0 Å². The second kappa shape index (κ2) is 23.8. The molecule has 320 valence electrons. The second-order valence-electron chi connectivity index (χ2n) is 15.4. The molecule has 0 bridgehead atoms. The Morgan fingerprint density at radius 3 is 2.05 bits per heavy atom. The number of aliphatic hydroxyl groups excluding tert-OH is 2. The number of carboxylic acids is 2. The average molecular weight is 823 g/mol. The number of hydrogen-bond acceptors (Lipinski definition) is 10. The minimum absolute atomic E-state index is 0.0136. The first-order valence-corrected chi connectivity index (χ1v) is 20.9. The predicted octanol–water partition coefficient (Wildman–Crippen LogP) is 5.78. The van der Waals surface area contributed by atoms with Crippen molar-refractivity contribution in [1.29, 1.82) is 0 Å². The van der Waals surface area contributed by atoms with Gasteiger partial charge in [0.15, 0.2) is 5.82 Å². The molecule has 14 nitrogen and oxygen atoms in total. The number of rotatable bonds is 15. The summed E-state index contributed by atoms with van der Waals surface area (Å²) >= 11 is 0. The van der Waals surface area contributed by atoms with Crippen LogP contribution in [0.2, 0.25) is 0 Å². The lowest BCUT2D eigenvalue weighted by Gasteiger charge is -2.31. The number of aromatic hydroxyl groups is 1. The summed E-state index contributed by atoms with van der Waals surface area (Å²) in [6.45, 7) is 5.11. The third-order valence-electron chi connectivity index (χ3n) is 10.9. The molecule has 7 N–H and O–H groups in total. The van der Waals surface area contributed by atoms with E-state index in [1.54, 1.807) is 18.5 Å². The van der Waals surface area contributed by atoms with Gasteiger partial charge in [-0.15, -0.1) is 0 Å². The Balaban J connectivity index is 0.000000415. The molecule has 1 saturated carbocycles. The molecule has 2 aromatic heterocycles. The number of aromatic amines is 1. The number of nitrogens with one attached hydrogen (secondary N) is 2. The van der Waals surface area contributed by atoms with E-state index < -0.39 is 24.1 Å². The summed E-state index contributed by atoms with van der Waals surface area (Å²) < 4.78 is 1.88. The molecule has 1 aliphatic heterocycles. The molecule has 2 unspecified atom stereocenters. The SMILES string of the molecule is C1CCCCC1.O=C(O)/C=C/C(=O)O.O=c1ccc2c(C(O)CNCCc3ccc(CCN4CCC(Cn5cnc(C(O)c6ccccc6)n5)CC4)cc3)ccc(O)c2[nH]1. The number of H-pyrrole nitrogens is 1. The van der Waals surface area contributed by atoms with Crippen molar-refractivity contribution in [3.63, 3.8) is 0 Å². The quantitative estimate of drug-likeness (QED) is 0.0495. The first-order valence-electron chi connectivity index (χ1n) is 20.9. The van der Waals surface area contributed by atoms with Crippen LogP contribution in [-0.4, -0.2) is 94.8 Å². The van der Waals surface area contributed by atoms with E-state index in [4.69, 9.17) is 10.2 Å². The highest BCUT2D eigenvalue weighted by atomic mass is 16.4. The van der Waals surface area contributed by atoms with E-state index in [0.29, 0.717) is 46.9 Å². The minimum atomic E-state index is -1.26. The highest BCUT2D eigenvalue weighted by Crippen LogP contribution is 2.28. The fraction of sp³-hybridized carbons (Fsp3) is 0.413. The van der Waals surface area contributed by atoms with Crippen LogP contribution in [0.5, 0.6) is 5.75 Å². The van der Waals surface area contributed by atoms with Gasteiger partial charge in [0.25, 0.3) is 0 Å². The molecule has 3 heterocycles. The maximum Gasteiger partial charge on any atom is 0.328 e. The third-order valence-corrected chi connectivity index (χ3v) is 10.9. The van der Waals surface area contributed by atoms with Crippen LogP contribution in [0, 0.1) is 5.92 Å². The van der Waals surface area contributed by atoms with Crippen molar-refractivity contribution in [3.05, 3.63) is 136 Å². The molecule has 2 fully saturated rings. The molecular weight excluding hydrogens is 765 g/mol. The Morgan fingerprint density at radius 1 is 0.817 bits per heavy atom. The summed E-state index contributed by atoms with van der Waals surface area (Å²) in [5.41, 5.74) is 4.08. The van der Waals surface area contributed by atoms with Gasteiger partial charge in [0.05, 0.1) is 11.6 Å². The number of aliphatic hydroxyl groups is 2. The molecule has 0 radical (unpaired) electrons. The maximum absolute atomic E-state index is 11.6. The lowest BCUT2D eigenvalue weighted by atomic mass is 9.96. The number of hydrogen-bond donors (Lipinski definition) is 7. The number of pyridine rings is 1. The van der Waals surface area contributed by atoms with Crippen LogP contribution in [0.25, 0.3) is 10.9 Å². The number of carbonyl (C=O) groups is 2. The van der Waals surface area contributed by atoms with E-state index in [2.05, 4.69) is 49.5 Å². The van der Waals surface area contributed by atoms with Gasteiger partial charge in [0.1, 0.15) is 18.2 Å². The number of benzene rings is 3. The molecule has 3 aromatic carbocycles.